The highest BCUT2D eigenvalue weighted by atomic mass is 15.3. The van der Waals surface area contributed by atoms with Crippen molar-refractivity contribution in [3.05, 3.63) is 72.6 Å². The molecule has 0 amide bonds. The Hall–Kier alpha value is -3.28. The van der Waals surface area contributed by atoms with Gasteiger partial charge in [0.25, 0.3) is 0 Å². The zero-order valence-corrected chi connectivity index (χ0v) is 15.4. The van der Waals surface area contributed by atoms with Crippen LogP contribution in [0.25, 0.3) is 22.8 Å². The Morgan fingerprint density at radius 2 is 1.11 bits per heavy atom. The van der Waals surface area contributed by atoms with Crippen LogP contribution in [0.15, 0.2) is 61.2 Å². The SMILES string of the molecule is c1cc(-n2ccc(-c3ccn(-c4ccnc(C5CC5)c4)n3)n2)cc(C2CC2)n1. The van der Waals surface area contributed by atoms with Gasteiger partial charge in [0.2, 0.25) is 0 Å². The average molecular weight is 368 g/mol. The van der Waals surface area contributed by atoms with Crippen molar-refractivity contribution < 1.29 is 0 Å². The van der Waals surface area contributed by atoms with Crippen LogP contribution in [-0.4, -0.2) is 29.5 Å². The fourth-order valence-corrected chi connectivity index (χ4v) is 3.57. The second kappa shape index (κ2) is 6.12. The first kappa shape index (κ1) is 15.7. The predicted octanol–water partition coefficient (Wildman–Crippen LogP) is 4.27. The normalized spacial score (nSPS) is 16.4. The summed E-state index contributed by atoms with van der Waals surface area (Å²) in [6.07, 6.45) is 12.7. The van der Waals surface area contributed by atoms with Gasteiger partial charge in [0.1, 0.15) is 11.4 Å². The quantitative estimate of drug-likeness (QED) is 0.528. The van der Waals surface area contributed by atoms with Gasteiger partial charge in [0.15, 0.2) is 0 Å². The predicted molar refractivity (Wildman–Crippen MR) is 106 cm³/mol. The molecule has 4 aromatic heterocycles. The minimum absolute atomic E-state index is 0.631. The van der Waals surface area contributed by atoms with Crippen LogP contribution >= 0.6 is 0 Å². The third-order valence-electron chi connectivity index (χ3n) is 5.49. The Labute approximate surface area is 162 Å². The fourth-order valence-electron chi connectivity index (χ4n) is 3.57. The topological polar surface area (TPSA) is 61.4 Å². The minimum Gasteiger partial charge on any atom is -0.261 e. The lowest BCUT2D eigenvalue weighted by Crippen LogP contribution is -1.99. The molecule has 4 aromatic rings. The molecule has 0 radical (unpaired) electrons. The highest BCUT2D eigenvalue weighted by Gasteiger charge is 2.26. The van der Waals surface area contributed by atoms with Gasteiger partial charge in [-0.05, 0) is 62.1 Å². The highest BCUT2D eigenvalue weighted by Crippen LogP contribution is 2.40. The molecule has 28 heavy (non-hydrogen) atoms. The maximum absolute atomic E-state index is 4.74. The molecular weight excluding hydrogens is 348 g/mol. The monoisotopic (exact) mass is 368 g/mol. The van der Waals surface area contributed by atoms with Gasteiger partial charge < -0.3 is 0 Å². The van der Waals surface area contributed by atoms with E-state index in [4.69, 9.17) is 10.2 Å². The van der Waals surface area contributed by atoms with E-state index in [0.717, 1.165) is 22.8 Å². The summed E-state index contributed by atoms with van der Waals surface area (Å²) in [7, 11) is 0. The summed E-state index contributed by atoms with van der Waals surface area (Å²) >= 11 is 0. The molecule has 2 saturated carbocycles. The molecule has 2 aliphatic carbocycles. The summed E-state index contributed by atoms with van der Waals surface area (Å²) in [6, 6.07) is 12.3. The van der Waals surface area contributed by atoms with Crippen LogP contribution in [0.5, 0.6) is 0 Å². The minimum atomic E-state index is 0.631. The van der Waals surface area contributed by atoms with Crippen LogP contribution in [0.3, 0.4) is 0 Å². The van der Waals surface area contributed by atoms with E-state index < -0.39 is 0 Å². The second-order valence-electron chi connectivity index (χ2n) is 7.72. The molecule has 2 aliphatic rings. The summed E-state index contributed by atoms with van der Waals surface area (Å²) in [5.41, 5.74) is 6.16. The van der Waals surface area contributed by atoms with E-state index in [-0.39, 0.29) is 0 Å². The van der Waals surface area contributed by atoms with E-state index >= 15 is 0 Å². The van der Waals surface area contributed by atoms with Crippen molar-refractivity contribution in [3.8, 4) is 22.8 Å². The van der Waals surface area contributed by atoms with Gasteiger partial charge in [-0.15, -0.1) is 0 Å². The number of pyridine rings is 2. The van der Waals surface area contributed by atoms with Gasteiger partial charge in [0, 0.05) is 48.0 Å². The van der Waals surface area contributed by atoms with E-state index in [9.17, 15) is 0 Å². The zero-order chi connectivity index (χ0) is 18.5. The van der Waals surface area contributed by atoms with Crippen LogP contribution in [0.4, 0.5) is 0 Å². The van der Waals surface area contributed by atoms with Crippen molar-refractivity contribution in [2.24, 2.45) is 0 Å². The van der Waals surface area contributed by atoms with E-state index in [1.165, 1.54) is 37.1 Å². The second-order valence-corrected chi connectivity index (χ2v) is 7.72. The van der Waals surface area contributed by atoms with Gasteiger partial charge in [0.05, 0.1) is 11.4 Å². The largest absolute Gasteiger partial charge is 0.261 e. The standard InChI is InChI=1S/C22H20N6/c1-2-15(1)21-13-17(5-9-23-21)27-11-7-19(25-27)20-8-12-28(26-20)18-6-10-24-22(14-18)16-3-4-16/h5-16H,1-4H2. The zero-order valence-electron chi connectivity index (χ0n) is 15.4. The molecule has 0 saturated heterocycles. The molecule has 2 fully saturated rings. The van der Waals surface area contributed by atoms with Gasteiger partial charge >= 0.3 is 0 Å². The first-order valence-corrected chi connectivity index (χ1v) is 9.88. The lowest BCUT2D eigenvalue weighted by atomic mass is 10.2. The van der Waals surface area contributed by atoms with Crippen LogP contribution < -0.4 is 0 Å². The van der Waals surface area contributed by atoms with E-state index in [0.29, 0.717) is 11.8 Å². The fraction of sp³-hybridized carbons (Fsp3) is 0.273. The Balaban J connectivity index is 1.28. The first-order valence-electron chi connectivity index (χ1n) is 9.88. The molecule has 6 nitrogen and oxygen atoms in total. The number of rotatable bonds is 5. The summed E-state index contributed by atoms with van der Waals surface area (Å²) in [5, 5.41) is 9.47. The lowest BCUT2D eigenvalue weighted by Gasteiger charge is -2.04. The van der Waals surface area contributed by atoms with Crippen molar-refractivity contribution in [1.29, 1.82) is 0 Å². The molecule has 138 valence electrons. The molecule has 6 heteroatoms. The van der Waals surface area contributed by atoms with Crippen LogP contribution in [-0.2, 0) is 0 Å². The van der Waals surface area contributed by atoms with Crippen LogP contribution in [0.1, 0.15) is 48.9 Å². The van der Waals surface area contributed by atoms with E-state index in [2.05, 4.69) is 22.1 Å². The highest BCUT2D eigenvalue weighted by molar-refractivity contribution is 5.54. The number of nitrogens with zero attached hydrogens (tertiary/aromatic N) is 6. The van der Waals surface area contributed by atoms with Crippen molar-refractivity contribution in [1.82, 2.24) is 29.5 Å². The Morgan fingerprint density at radius 1 is 0.643 bits per heavy atom. The van der Waals surface area contributed by atoms with E-state index in [1.54, 1.807) is 0 Å². The number of aromatic nitrogens is 6. The Morgan fingerprint density at radius 3 is 1.54 bits per heavy atom. The van der Waals surface area contributed by atoms with Gasteiger partial charge in [-0.3, -0.25) is 9.97 Å². The molecule has 0 spiro atoms. The number of hydrogen-bond acceptors (Lipinski definition) is 4. The Kier molecular flexibility index (Phi) is 3.44. The third-order valence-corrected chi connectivity index (χ3v) is 5.49. The summed E-state index contributed by atoms with van der Waals surface area (Å²) < 4.78 is 3.80. The summed E-state index contributed by atoms with van der Waals surface area (Å²) in [6.45, 7) is 0. The molecule has 0 aromatic carbocycles. The summed E-state index contributed by atoms with van der Waals surface area (Å²) in [5.74, 6) is 1.26. The molecule has 4 heterocycles. The van der Waals surface area contributed by atoms with E-state index in [1.807, 2.05) is 58.4 Å². The molecule has 0 N–H and O–H groups in total. The maximum atomic E-state index is 4.74. The first-order chi connectivity index (χ1) is 13.8. The van der Waals surface area contributed by atoms with Crippen molar-refractivity contribution in [3.63, 3.8) is 0 Å². The summed E-state index contributed by atoms with van der Waals surface area (Å²) in [4.78, 5) is 8.98. The van der Waals surface area contributed by atoms with Gasteiger partial charge in [-0.25, -0.2) is 9.36 Å². The third kappa shape index (κ3) is 2.91. The van der Waals surface area contributed by atoms with Crippen LogP contribution in [0.2, 0.25) is 0 Å². The van der Waals surface area contributed by atoms with Crippen molar-refractivity contribution in [2.45, 2.75) is 37.5 Å². The van der Waals surface area contributed by atoms with Gasteiger partial charge in [-0.1, -0.05) is 0 Å². The molecule has 0 unspecified atom stereocenters. The molecule has 0 bridgehead atoms. The number of hydrogen-bond donors (Lipinski definition) is 0. The molecule has 6 rings (SSSR count). The smallest absolute Gasteiger partial charge is 0.113 e. The molecule has 0 aliphatic heterocycles. The Bertz CT molecular complexity index is 1060. The maximum Gasteiger partial charge on any atom is 0.113 e. The van der Waals surface area contributed by atoms with Crippen molar-refractivity contribution >= 4 is 0 Å². The molecule has 0 atom stereocenters. The lowest BCUT2D eigenvalue weighted by molar-refractivity contribution is 0.853. The average Bonchev–Trinajstić information content (AvgIpc) is 3.67. The molecular formula is C22H20N6. The van der Waals surface area contributed by atoms with Crippen LogP contribution in [0, 0.1) is 0 Å². The van der Waals surface area contributed by atoms with Crippen molar-refractivity contribution in [2.75, 3.05) is 0 Å². The van der Waals surface area contributed by atoms with Gasteiger partial charge in [-0.2, -0.15) is 10.2 Å².